The highest BCUT2D eigenvalue weighted by molar-refractivity contribution is 5.93. The first-order valence-corrected chi connectivity index (χ1v) is 9.87. The van der Waals surface area contributed by atoms with Crippen molar-refractivity contribution in [1.82, 2.24) is 4.90 Å². The number of hydrogen-bond acceptors (Lipinski definition) is 8. The second kappa shape index (κ2) is 8.43. The van der Waals surface area contributed by atoms with Crippen LogP contribution in [-0.4, -0.2) is 54.4 Å². The van der Waals surface area contributed by atoms with Crippen molar-refractivity contribution < 1.29 is 28.7 Å². The van der Waals surface area contributed by atoms with E-state index in [-0.39, 0.29) is 17.9 Å². The molecule has 3 rings (SSSR count). The van der Waals surface area contributed by atoms with Crippen molar-refractivity contribution in [2.45, 2.75) is 38.8 Å². The van der Waals surface area contributed by atoms with Crippen LogP contribution in [-0.2, 0) is 23.8 Å². The van der Waals surface area contributed by atoms with Gasteiger partial charge in [-0.3, -0.25) is 14.9 Å². The highest BCUT2D eigenvalue weighted by Crippen LogP contribution is 2.50. The van der Waals surface area contributed by atoms with E-state index in [0.29, 0.717) is 24.4 Å². The Morgan fingerprint density at radius 2 is 2.13 bits per heavy atom. The predicted octanol–water partition coefficient (Wildman–Crippen LogP) is 2.76. The summed E-state index contributed by atoms with van der Waals surface area (Å²) in [6.07, 6.45) is 0.735. The van der Waals surface area contributed by atoms with Crippen molar-refractivity contribution in [3.05, 3.63) is 51.2 Å². The number of rotatable bonds is 5. The molecule has 0 amide bonds. The normalized spacial score (nSPS) is 26.1. The lowest BCUT2D eigenvalue weighted by Crippen LogP contribution is -2.63. The van der Waals surface area contributed by atoms with E-state index >= 15 is 0 Å². The number of benzene rings is 1. The minimum Gasteiger partial charge on any atom is -0.469 e. The average molecular weight is 418 g/mol. The van der Waals surface area contributed by atoms with Gasteiger partial charge in [-0.05, 0) is 32.8 Å². The van der Waals surface area contributed by atoms with Gasteiger partial charge in [0.2, 0.25) is 0 Å². The molecule has 1 aromatic carbocycles. The summed E-state index contributed by atoms with van der Waals surface area (Å²) in [6.45, 7) is 6.49. The van der Waals surface area contributed by atoms with Gasteiger partial charge in [0.25, 0.3) is 5.69 Å². The molecule has 0 N–H and O–H groups in total. The van der Waals surface area contributed by atoms with E-state index in [1.165, 1.54) is 25.3 Å². The highest BCUT2D eigenvalue weighted by Gasteiger charge is 2.57. The van der Waals surface area contributed by atoms with Crippen molar-refractivity contribution in [2.24, 2.45) is 5.92 Å². The summed E-state index contributed by atoms with van der Waals surface area (Å²) in [5, 5.41) is 11.4. The molecule has 2 aliphatic rings. The Bertz CT molecular complexity index is 897. The van der Waals surface area contributed by atoms with Crippen LogP contribution in [0.25, 0.3) is 0 Å². The summed E-state index contributed by atoms with van der Waals surface area (Å²) in [5.74, 6) is -2.87. The van der Waals surface area contributed by atoms with Crippen molar-refractivity contribution in [2.75, 3.05) is 26.9 Å². The lowest BCUT2D eigenvalue weighted by atomic mass is 9.70. The van der Waals surface area contributed by atoms with Crippen LogP contribution in [0.3, 0.4) is 0 Å². The molecule has 2 aliphatic heterocycles. The molecule has 0 saturated carbocycles. The Kier molecular flexibility index (Phi) is 6.12. The molecule has 1 fully saturated rings. The number of ether oxygens (including phenoxy) is 3. The molecule has 1 saturated heterocycles. The van der Waals surface area contributed by atoms with E-state index < -0.39 is 34.4 Å². The number of non-ortho nitro benzene ring substituents is 1. The monoisotopic (exact) mass is 418 g/mol. The lowest BCUT2D eigenvalue weighted by Gasteiger charge is -2.55. The topological polar surface area (TPSA) is 108 Å². The fourth-order valence-electron chi connectivity index (χ4n) is 4.56. The standard InChI is InChI=1S/C21H26N2O7/c1-5-29-19(24)16-13(2)22-10-7-11-30-21(22,3)18(20(25)28-4)17(16)14-8-6-9-15(12-14)23(26)27/h6,8-9,12,17-18H,5,7,10-11H2,1-4H3/t17-,18-,21-/m0/s1. The first kappa shape index (κ1) is 21.8. The number of carbonyl (C=O) groups is 2. The van der Waals surface area contributed by atoms with Gasteiger partial charge in [0.15, 0.2) is 5.72 Å². The third kappa shape index (κ3) is 3.54. The quantitative estimate of drug-likeness (QED) is 0.408. The van der Waals surface area contributed by atoms with E-state index in [4.69, 9.17) is 14.2 Å². The zero-order valence-electron chi connectivity index (χ0n) is 17.5. The second-order valence-corrected chi connectivity index (χ2v) is 7.46. The Labute approximate surface area is 174 Å². The fourth-order valence-corrected chi connectivity index (χ4v) is 4.56. The predicted molar refractivity (Wildman–Crippen MR) is 106 cm³/mol. The van der Waals surface area contributed by atoms with Gasteiger partial charge < -0.3 is 19.1 Å². The summed E-state index contributed by atoms with van der Waals surface area (Å²) in [4.78, 5) is 38.8. The minimum absolute atomic E-state index is 0.130. The molecule has 30 heavy (non-hydrogen) atoms. The summed E-state index contributed by atoms with van der Waals surface area (Å²) in [7, 11) is 1.28. The molecule has 0 aromatic heterocycles. The van der Waals surface area contributed by atoms with E-state index in [9.17, 15) is 19.7 Å². The molecule has 1 aromatic rings. The Hall–Kier alpha value is -2.94. The number of methoxy groups -OCH3 is 1. The smallest absolute Gasteiger partial charge is 0.336 e. The Balaban J connectivity index is 2.29. The molecular formula is C21H26N2O7. The largest absolute Gasteiger partial charge is 0.469 e. The van der Waals surface area contributed by atoms with Crippen molar-refractivity contribution in [3.63, 3.8) is 0 Å². The number of fused-ring (bicyclic) bond motifs is 1. The lowest BCUT2D eigenvalue weighted by molar-refractivity contribution is -0.385. The van der Waals surface area contributed by atoms with Crippen LogP contribution in [0.2, 0.25) is 0 Å². The Morgan fingerprint density at radius 1 is 1.40 bits per heavy atom. The number of nitro groups is 1. The molecule has 0 radical (unpaired) electrons. The molecule has 0 spiro atoms. The molecular weight excluding hydrogens is 392 g/mol. The Morgan fingerprint density at radius 3 is 2.77 bits per heavy atom. The number of nitro benzene ring substituents is 1. The zero-order chi connectivity index (χ0) is 22.1. The fraction of sp³-hybridized carbons (Fsp3) is 0.524. The van der Waals surface area contributed by atoms with Gasteiger partial charge in [0.1, 0.15) is 5.92 Å². The maximum Gasteiger partial charge on any atom is 0.336 e. The second-order valence-electron chi connectivity index (χ2n) is 7.46. The molecule has 162 valence electrons. The van der Waals surface area contributed by atoms with Crippen LogP contribution in [0.1, 0.15) is 38.7 Å². The third-order valence-corrected chi connectivity index (χ3v) is 5.86. The summed E-state index contributed by atoms with van der Waals surface area (Å²) in [6, 6.07) is 5.96. The van der Waals surface area contributed by atoms with E-state index in [1.807, 2.05) is 4.90 Å². The summed E-state index contributed by atoms with van der Waals surface area (Å²) < 4.78 is 16.5. The molecule has 3 atom stereocenters. The maximum atomic E-state index is 13.0. The zero-order valence-corrected chi connectivity index (χ0v) is 17.5. The van der Waals surface area contributed by atoms with Gasteiger partial charge in [0, 0.05) is 30.3 Å². The van der Waals surface area contributed by atoms with Crippen molar-refractivity contribution in [3.8, 4) is 0 Å². The van der Waals surface area contributed by atoms with Crippen LogP contribution >= 0.6 is 0 Å². The highest BCUT2D eigenvalue weighted by atomic mass is 16.6. The van der Waals surface area contributed by atoms with Crippen LogP contribution in [0.4, 0.5) is 5.69 Å². The number of allylic oxidation sites excluding steroid dienone is 1. The van der Waals surface area contributed by atoms with E-state index in [2.05, 4.69) is 0 Å². The first-order chi connectivity index (χ1) is 14.3. The number of carbonyl (C=O) groups excluding carboxylic acids is 2. The molecule has 9 nitrogen and oxygen atoms in total. The van der Waals surface area contributed by atoms with Crippen molar-refractivity contribution >= 4 is 17.6 Å². The molecule has 2 heterocycles. The molecule has 0 unspecified atom stereocenters. The van der Waals surface area contributed by atoms with Gasteiger partial charge >= 0.3 is 11.9 Å². The van der Waals surface area contributed by atoms with Gasteiger partial charge in [-0.15, -0.1) is 0 Å². The number of esters is 2. The molecule has 9 heteroatoms. The van der Waals surface area contributed by atoms with Crippen LogP contribution in [0, 0.1) is 16.0 Å². The van der Waals surface area contributed by atoms with Gasteiger partial charge in [-0.25, -0.2) is 4.79 Å². The van der Waals surface area contributed by atoms with Crippen molar-refractivity contribution in [1.29, 1.82) is 0 Å². The summed E-state index contributed by atoms with van der Waals surface area (Å²) >= 11 is 0. The van der Waals surface area contributed by atoms with Gasteiger partial charge in [-0.2, -0.15) is 0 Å². The third-order valence-electron chi connectivity index (χ3n) is 5.86. The number of hydrogen-bond donors (Lipinski definition) is 0. The molecule has 0 aliphatic carbocycles. The van der Waals surface area contributed by atoms with Gasteiger partial charge in [-0.1, -0.05) is 12.1 Å². The average Bonchev–Trinajstić information content (AvgIpc) is 2.72. The van der Waals surface area contributed by atoms with E-state index in [1.54, 1.807) is 26.8 Å². The van der Waals surface area contributed by atoms with Gasteiger partial charge in [0.05, 0.1) is 30.8 Å². The van der Waals surface area contributed by atoms with Crippen LogP contribution < -0.4 is 0 Å². The minimum atomic E-state index is -1.07. The summed E-state index contributed by atoms with van der Waals surface area (Å²) in [5.41, 5.74) is 0.176. The first-order valence-electron chi connectivity index (χ1n) is 9.87. The van der Waals surface area contributed by atoms with E-state index in [0.717, 1.165) is 6.42 Å². The SMILES string of the molecule is CCOC(=O)C1=C(C)N2CCCO[C@@]2(C)[C@H](C(=O)OC)[C@H]1c1cccc([N+](=O)[O-])c1. The van der Waals surface area contributed by atoms with Crippen LogP contribution in [0.15, 0.2) is 35.5 Å². The van der Waals surface area contributed by atoms with Crippen LogP contribution in [0.5, 0.6) is 0 Å². The molecule has 0 bridgehead atoms. The maximum absolute atomic E-state index is 13.0. The number of nitrogens with zero attached hydrogens (tertiary/aromatic N) is 2.